The first kappa shape index (κ1) is 14.5. The lowest BCUT2D eigenvalue weighted by Gasteiger charge is -2.22. The summed E-state index contributed by atoms with van der Waals surface area (Å²) in [4.78, 5) is 19.6. The summed E-state index contributed by atoms with van der Waals surface area (Å²) in [5, 5.41) is 0. The second-order valence-corrected chi connectivity index (χ2v) is 4.04. The van der Waals surface area contributed by atoms with Gasteiger partial charge in [-0.3, -0.25) is 4.79 Å². The molecule has 0 radical (unpaired) electrons. The minimum atomic E-state index is -3.84. The van der Waals surface area contributed by atoms with E-state index in [1.807, 2.05) is 0 Å². The Kier molecular flexibility index (Phi) is 7.54. The van der Waals surface area contributed by atoms with Gasteiger partial charge in [0.25, 0.3) is 0 Å². The van der Waals surface area contributed by atoms with Gasteiger partial charge in [0.1, 0.15) is 0 Å². The number of amides is 1. The summed E-state index contributed by atoms with van der Waals surface area (Å²) in [6.07, 6.45) is 0.346. The maximum Gasteiger partial charge on any atom is 0.491 e. The van der Waals surface area contributed by atoms with E-state index in [2.05, 4.69) is 19.1 Å². The fourth-order valence-electron chi connectivity index (χ4n) is 0.642. The summed E-state index contributed by atoms with van der Waals surface area (Å²) in [5.74, 6) is 0. The van der Waals surface area contributed by atoms with E-state index in [-0.39, 0.29) is 19.8 Å². The lowest BCUT2D eigenvalue weighted by Crippen LogP contribution is -2.21. The van der Waals surface area contributed by atoms with E-state index >= 15 is 0 Å². The van der Waals surface area contributed by atoms with Gasteiger partial charge in [-0.15, -0.1) is 9.35 Å². The van der Waals surface area contributed by atoms with Gasteiger partial charge in [-0.2, -0.15) is 0 Å². The van der Waals surface area contributed by atoms with Crippen LogP contribution in [0, 0.1) is 0 Å². The molecule has 0 rings (SSSR count). The van der Waals surface area contributed by atoms with Crippen LogP contribution in [0.5, 0.6) is 0 Å². The quantitative estimate of drug-likeness (QED) is 0.263. The van der Waals surface area contributed by atoms with Gasteiger partial charge in [-0.1, -0.05) is 0 Å². The molecule has 0 aromatic carbocycles. The highest BCUT2D eigenvalue weighted by molar-refractivity contribution is 7.51. The number of hydrogen-bond acceptors (Lipinski definition) is 6. The summed E-state index contributed by atoms with van der Waals surface area (Å²) in [7, 11) is -3.84. The highest BCUT2D eigenvalue weighted by atomic mass is 31.2. The Bertz CT molecular complexity index is 212. The first-order chi connectivity index (χ1) is 7.14. The fourth-order valence-corrected chi connectivity index (χ4v) is 1.78. The van der Waals surface area contributed by atoms with Crippen LogP contribution in [0.4, 0.5) is 0 Å². The lowest BCUT2D eigenvalue weighted by atomic mass is 10.8. The van der Waals surface area contributed by atoms with Crippen molar-refractivity contribution in [3.8, 4) is 0 Å². The molecule has 0 fully saturated rings. The van der Waals surface area contributed by atoms with Crippen molar-refractivity contribution in [1.29, 1.82) is 0 Å². The second-order valence-electron chi connectivity index (χ2n) is 2.29. The third-order valence-corrected chi connectivity index (χ3v) is 2.88. The molecule has 1 amide bonds. The van der Waals surface area contributed by atoms with Crippen molar-refractivity contribution in [1.82, 2.24) is 4.67 Å². The summed E-state index contributed by atoms with van der Waals surface area (Å²) < 4.78 is 21.8. The maximum atomic E-state index is 11.9. The maximum absolute atomic E-state index is 11.9. The van der Waals surface area contributed by atoms with Crippen LogP contribution in [0.15, 0.2) is 0 Å². The Morgan fingerprint density at radius 2 is 1.60 bits per heavy atom. The van der Waals surface area contributed by atoms with Crippen molar-refractivity contribution in [2.45, 2.75) is 20.8 Å². The van der Waals surface area contributed by atoms with Crippen LogP contribution in [0.25, 0.3) is 0 Å². The van der Waals surface area contributed by atoms with E-state index in [0.717, 1.165) is 4.67 Å². The van der Waals surface area contributed by atoms with Crippen LogP contribution in [0.3, 0.4) is 0 Å². The molecule has 0 N–H and O–H groups in total. The van der Waals surface area contributed by atoms with Crippen molar-refractivity contribution < 1.29 is 28.5 Å². The Morgan fingerprint density at radius 1 is 1.13 bits per heavy atom. The molecule has 0 aromatic rings. The van der Waals surface area contributed by atoms with E-state index in [9.17, 15) is 9.36 Å². The average molecular weight is 241 g/mol. The predicted molar refractivity (Wildman–Crippen MR) is 51.5 cm³/mol. The van der Waals surface area contributed by atoms with Gasteiger partial charge in [0.05, 0.1) is 13.2 Å². The zero-order chi connectivity index (χ0) is 11.7. The predicted octanol–water partition coefficient (Wildman–Crippen LogP) is 1.51. The van der Waals surface area contributed by atoms with Crippen LogP contribution in [0.1, 0.15) is 20.8 Å². The van der Waals surface area contributed by atoms with E-state index in [1.54, 1.807) is 20.8 Å². The normalized spacial score (nSPS) is 11.4. The van der Waals surface area contributed by atoms with E-state index in [4.69, 9.17) is 0 Å². The van der Waals surface area contributed by atoms with Gasteiger partial charge in [-0.05, 0) is 20.8 Å². The van der Waals surface area contributed by atoms with E-state index < -0.39 is 7.75 Å². The second kappa shape index (κ2) is 7.78. The van der Waals surface area contributed by atoms with Crippen LogP contribution in [-0.4, -0.2) is 30.8 Å². The number of carbonyl (C=O) groups is 1. The molecule has 0 bridgehead atoms. The number of rotatable bonds is 9. The molecule has 0 aliphatic carbocycles. The van der Waals surface area contributed by atoms with Gasteiger partial charge in [0.2, 0.25) is 6.41 Å². The topological polar surface area (TPSA) is 74.3 Å². The largest absolute Gasteiger partial charge is 0.491 e. The molecule has 0 spiro atoms. The monoisotopic (exact) mass is 241 g/mol. The highest BCUT2D eigenvalue weighted by Crippen LogP contribution is 2.51. The third-order valence-electron chi connectivity index (χ3n) is 1.29. The van der Waals surface area contributed by atoms with Gasteiger partial charge >= 0.3 is 7.75 Å². The van der Waals surface area contributed by atoms with E-state index in [0.29, 0.717) is 6.41 Å². The molecule has 8 heteroatoms. The molecule has 0 aliphatic heterocycles. The zero-order valence-corrected chi connectivity index (χ0v) is 9.94. The van der Waals surface area contributed by atoms with Gasteiger partial charge in [-0.25, -0.2) is 19.0 Å². The van der Waals surface area contributed by atoms with Gasteiger partial charge < -0.3 is 0 Å². The van der Waals surface area contributed by atoms with Crippen LogP contribution < -0.4 is 0 Å². The first-order valence-corrected chi connectivity index (χ1v) is 6.09. The van der Waals surface area contributed by atoms with Gasteiger partial charge in [0.15, 0.2) is 0 Å². The highest BCUT2D eigenvalue weighted by Gasteiger charge is 2.35. The minimum Gasteiger partial charge on any atom is -0.278 e. The van der Waals surface area contributed by atoms with Crippen LogP contribution >= 0.6 is 7.75 Å². The Hall–Kier alpha value is -0.460. The summed E-state index contributed by atoms with van der Waals surface area (Å²) in [6.45, 7) is 5.41. The zero-order valence-electron chi connectivity index (χ0n) is 9.04. The molecule has 0 unspecified atom stereocenters. The minimum absolute atomic E-state index is 0.154. The SMILES string of the molecule is CCOOP(=O)(OOCC)N(C=O)CC. The van der Waals surface area contributed by atoms with Crippen LogP contribution in [-0.2, 0) is 28.5 Å². The first-order valence-electron chi connectivity index (χ1n) is 4.59. The smallest absolute Gasteiger partial charge is 0.278 e. The Morgan fingerprint density at radius 3 is 1.87 bits per heavy atom. The number of carbonyl (C=O) groups excluding carboxylic acids is 1. The Labute approximate surface area is 88.7 Å². The number of nitrogens with zero attached hydrogens (tertiary/aromatic N) is 1. The van der Waals surface area contributed by atoms with Crippen molar-refractivity contribution in [2.75, 3.05) is 19.8 Å². The molecule has 7 nitrogen and oxygen atoms in total. The Balaban J connectivity index is 4.50. The standard InChI is InChI=1S/C7H16NO6P/c1-4-8(7-9)15(10,13-11-5-2)14-12-6-3/h7H,4-6H2,1-3H3. The van der Waals surface area contributed by atoms with Crippen molar-refractivity contribution in [3.63, 3.8) is 0 Å². The summed E-state index contributed by atoms with van der Waals surface area (Å²) >= 11 is 0. The van der Waals surface area contributed by atoms with Crippen molar-refractivity contribution in [2.24, 2.45) is 0 Å². The molecule has 0 aliphatic rings. The van der Waals surface area contributed by atoms with Gasteiger partial charge in [0, 0.05) is 6.54 Å². The molecule has 15 heavy (non-hydrogen) atoms. The van der Waals surface area contributed by atoms with E-state index in [1.165, 1.54) is 0 Å². The molecule has 0 heterocycles. The van der Waals surface area contributed by atoms with Crippen molar-refractivity contribution >= 4 is 14.2 Å². The fraction of sp³-hybridized carbons (Fsp3) is 0.857. The lowest BCUT2D eigenvalue weighted by molar-refractivity contribution is -0.270. The molecule has 90 valence electrons. The molecule has 0 saturated heterocycles. The third kappa shape index (κ3) is 4.72. The molecule has 0 atom stereocenters. The summed E-state index contributed by atoms with van der Waals surface area (Å²) in [5.41, 5.74) is 0. The molecular formula is C7H16NO6P. The molecular weight excluding hydrogens is 225 g/mol. The number of hydrogen-bond donors (Lipinski definition) is 0. The molecule has 0 saturated carbocycles. The average Bonchev–Trinajstić information content (AvgIpc) is 2.25. The summed E-state index contributed by atoms with van der Waals surface area (Å²) in [6, 6.07) is 0. The molecule has 0 aromatic heterocycles. The van der Waals surface area contributed by atoms with Crippen molar-refractivity contribution in [3.05, 3.63) is 0 Å². The van der Waals surface area contributed by atoms with Crippen LogP contribution in [0.2, 0.25) is 0 Å².